The number of nitrogens with zero attached hydrogens (tertiary/aromatic N) is 2. The Morgan fingerprint density at radius 1 is 1.32 bits per heavy atom. The van der Waals surface area contributed by atoms with Crippen molar-refractivity contribution >= 4 is 17.2 Å². The van der Waals surface area contributed by atoms with E-state index in [0.717, 1.165) is 11.3 Å². The van der Waals surface area contributed by atoms with Gasteiger partial charge in [-0.25, -0.2) is 4.98 Å². The van der Waals surface area contributed by atoms with E-state index in [-0.39, 0.29) is 5.69 Å². The summed E-state index contributed by atoms with van der Waals surface area (Å²) in [5, 5.41) is 12.0. The van der Waals surface area contributed by atoms with Crippen LogP contribution in [0, 0.1) is 18.3 Å². The fourth-order valence-corrected chi connectivity index (χ4v) is 1.69. The van der Waals surface area contributed by atoms with Crippen molar-refractivity contribution in [3.63, 3.8) is 0 Å². The van der Waals surface area contributed by atoms with Crippen molar-refractivity contribution in [1.82, 2.24) is 4.98 Å². The fraction of sp³-hybridized carbons (Fsp3) is 0.143. The van der Waals surface area contributed by atoms with Crippen molar-refractivity contribution < 1.29 is 4.74 Å². The minimum absolute atomic E-state index is 0.205. The third kappa shape index (κ3) is 2.75. The Morgan fingerprint density at radius 2 is 2.11 bits per heavy atom. The molecule has 1 aromatic heterocycles. The lowest BCUT2D eigenvalue weighted by molar-refractivity contribution is 0.416. The summed E-state index contributed by atoms with van der Waals surface area (Å²) in [5.41, 5.74) is 8.10. The minimum atomic E-state index is 0.205. The summed E-state index contributed by atoms with van der Waals surface area (Å²) in [4.78, 5) is 4.14. The maximum atomic E-state index is 8.91. The van der Waals surface area contributed by atoms with Crippen LogP contribution in [-0.2, 0) is 0 Å². The first kappa shape index (κ1) is 12.7. The molecule has 1 heterocycles. The predicted molar refractivity (Wildman–Crippen MR) is 74.4 cm³/mol. The van der Waals surface area contributed by atoms with E-state index in [9.17, 15) is 0 Å². The number of rotatable bonds is 3. The molecule has 2 rings (SSSR count). The summed E-state index contributed by atoms with van der Waals surface area (Å²) in [5.74, 6) is 1.26. The van der Waals surface area contributed by atoms with Crippen LogP contribution in [0.15, 0.2) is 30.3 Å². The molecule has 0 amide bonds. The number of nitrogens with one attached hydrogen (secondary N) is 1. The van der Waals surface area contributed by atoms with Crippen LogP contribution >= 0.6 is 0 Å². The van der Waals surface area contributed by atoms with Crippen molar-refractivity contribution in [1.29, 1.82) is 5.26 Å². The number of nitrogen functional groups attached to an aromatic ring is 1. The van der Waals surface area contributed by atoms with Crippen molar-refractivity contribution in [2.45, 2.75) is 6.92 Å². The van der Waals surface area contributed by atoms with Crippen LogP contribution in [0.1, 0.15) is 11.3 Å². The van der Waals surface area contributed by atoms with Crippen molar-refractivity contribution in [3.05, 3.63) is 41.6 Å². The summed E-state index contributed by atoms with van der Waals surface area (Å²) >= 11 is 0. The van der Waals surface area contributed by atoms with E-state index >= 15 is 0 Å². The topological polar surface area (TPSA) is 84.0 Å². The number of ether oxygens (including phenoxy) is 1. The number of anilines is 3. The molecule has 5 nitrogen and oxygen atoms in total. The van der Waals surface area contributed by atoms with E-state index in [1.807, 2.05) is 31.2 Å². The van der Waals surface area contributed by atoms with Gasteiger partial charge in [0.15, 0.2) is 5.69 Å². The van der Waals surface area contributed by atoms with Gasteiger partial charge in [-0.2, -0.15) is 5.26 Å². The first-order chi connectivity index (χ1) is 9.13. The van der Waals surface area contributed by atoms with Gasteiger partial charge in [-0.05, 0) is 36.8 Å². The van der Waals surface area contributed by atoms with Crippen LogP contribution in [0.5, 0.6) is 5.75 Å². The number of hydrogen-bond donors (Lipinski definition) is 2. The van der Waals surface area contributed by atoms with Crippen LogP contribution in [0.3, 0.4) is 0 Å². The van der Waals surface area contributed by atoms with E-state index in [2.05, 4.69) is 10.3 Å². The third-order valence-corrected chi connectivity index (χ3v) is 2.65. The number of nitrogens with two attached hydrogens (primary N) is 1. The van der Waals surface area contributed by atoms with Crippen molar-refractivity contribution in [2.75, 3.05) is 18.2 Å². The summed E-state index contributed by atoms with van der Waals surface area (Å²) in [6, 6.07) is 11.1. The first-order valence-electron chi connectivity index (χ1n) is 5.72. The molecule has 5 heteroatoms. The van der Waals surface area contributed by atoms with Gasteiger partial charge in [-0.1, -0.05) is 6.07 Å². The Bertz CT molecular complexity index is 646. The fourth-order valence-electron chi connectivity index (χ4n) is 1.69. The summed E-state index contributed by atoms with van der Waals surface area (Å²) < 4.78 is 5.27. The maximum Gasteiger partial charge on any atom is 0.165 e. The lowest BCUT2D eigenvalue weighted by Gasteiger charge is -2.11. The van der Waals surface area contributed by atoms with Crippen molar-refractivity contribution in [2.24, 2.45) is 0 Å². The van der Waals surface area contributed by atoms with Gasteiger partial charge in [0.05, 0.1) is 18.5 Å². The average Bonchev–Trinajstić information content (AvgIpc) is 2.41. The lowest BCUT2D eigenvalue weighted by atomic mass is 10.2. The molecule has 0 saturated carbocycles. The molecule has 0 bridgehead atoms. The molecule has 0 radical (unpaired) electrons. The molecule has 0 saturated heterocycles. The number of pyridine rings is 1. The average molecular weight is 254 g/mol. The standard InChI is InChI=1S/C14H14N4O/c1-9-3-5-13(19-2)11(7-9)17-14-6-4-10(16)12(8-15)18-14/h3-7H,16H2,1-2H3,(H,17,18). The Balaban J connectivity index is 2.36. The van der Waals surface area contributed by atoms with E-state index in [4.69, 9.17) is 15.7 Å². The second kappa shape index (κ2) is 5.27. The second-order valence-electron chi connectivity index (χ2n) is 4.07. The van der Waals surface area contributed by atoms with Crippen LogP contribution in [0.25, 0.3) is 0 Å². The van der Waals surface area contributed by atoms with Gasteiger partial charge in [0, 0.05) is 0 Å². The molecule has 0 spiro atoms. The molecular formula is C14H14N4O. The number of benzene rings is 1. The van der Waals surface area contributed by atoms with E-state index in [1.54, 1.807) is 19.2 Å². The largest absolute Gasteiger partial charge is 0.495 e. The molecule has 1 aromatic carbocycles. The zero-order chi connectivity index (χ0) is 13.8. The summed E-state index contributed by atoms with van der Waals surface area (Å²) in [6.07, 6.45) is 0. The van der Waals surface area contributed by atoms with Gasteiger partial charge in [0.2, 0.25) is 0 Å². The molecule has 0 unspecified atom stereocenters. The number of methoxy groups -OCH3 is 1. The highest BCUT2D eigenvalue weighted by Crippen LogP contribution is 2.28. The summed E-state index contributed by atoms with van der Waals surface area (Å²) in [7, 11) is 1.60. The number of nitriles is 1. The molecule has 0 fully saturated rings. The molecule has 0 aliphatic rings. The highest BCUT2D eigenvalue weighted by molar-refractivity contribution is 5.66. The molecule has 19 heavy (non-hydrogen) atoms. The third-order valence-electron chi connectivity index (χ3n) is 2.65. The Hall–Kier alpha value is -2.74. The van der Waals surface area contributed by atoms with Crippen molar-refractivity contribution in [3.8, 4) is 11.8 Å². The molecular weight excluding hydrogens is 240 g/mol. The normalized spacial score (nSPS) is 9.74. The number of hydrogen-bond acceptors (Lipinski definition) is 5. The predicted octanol–water partition coefficient (Wildman–Crippen LogP) is 2.60. The summed E-state index contributed by atoms with van der Waals surface area (Å²) in [6.45, 7) is 1.99. The zero-order valence-electron chi connectivity index (χ0n) is 10.8. The number of aryl methyl sites for hydroxylation is 1. The van der Waals surface area contributed by atoms with Crippen LogP contribution in [-0.4, -0.2) is 12.1 Å². The Morgan fingerprint density at radius 3 is 2.79 bits per heavy atom. The first-order valence-corrected chi connectivity index (χ1v) is 5.72. The quantitative estimate of drug-likeness (QED) is 0.879. The molecule has 96 valence electrons. The lowest BCUT2D eigenvalue weighted by Crippen LogP contribution is -2.00. The van der Waals surface area contributed by atoms with E-state index in [0.29, 0.717) is 17.3 Å². The minimum Gasteiger partial charge on any atom is -0.495 e. The second-order valence-corrected chi connectivity index (χ2v) is 4.07. The highest BCUT2D eigenvalue weighted by atomic mass is 16.5. The Kier molecular flexibility index (Phi) is 3.53. The van der Waals surface area contributed by atoms with Gasteiger partial charge in [-0.15, -0.1) is 0 Å². The SMILES string of the molecule is COc1ccc(C)cc1Nc1ccc(N)c(C#N)n1. The highest BCUT2D eigenvalue weighted by Gasteiger charge is 2.06. The maximum absolute atomic E-state index is 8.91. The Labute approximate surface area is 111 Å². The molecule has 0 aliphatic carbocycles. The van der Waals surface area contributed by atoms with E-state index < -0.39 is 0 Å². The van der Waals surface area contributed by atoms with E-state index in [1.165, 1.54) is 0 Å². The van der Waals surface area contributed by atoms with Gasteiger partial charge >= 0.3 is 0 Å². The van der Waals surface area contributed by atoms with Gasteiger partial charge < -0.3 is 15.8 Å². The van der Waals surface area contributed by atoms with Crippen LogP contribution < -0.4 is 15.8 Å². The molecule has 0 atom stereocenters. The smallest absolute Gasteiger partial charge is 0.165 e. The number of aromatic nitrogens is 1. The van der Waals surface area contributed by atoms with Gasteiger partial charge in [0.25, 0.3) is 0 Å². The molecule has 3 N–H and O–H groups in total. The van der Waals surface area contributed by atoms with Crippen LogP contribution in [0.2, 0.25) is 0 Å². The monoisotopic (exact) mass is 254 g/mol. The van der Waals surface area contributed by atoms with Gasteiger partial charge in [0.1, 0.15) is 17.6 Å². The van der Waals surface area contributed by atoms with Crippen LogP contribution in [0.4, 0.5) is 17.2 Å². The zero-order valence-corrected chi connectivity index (χ0v) is 10.8. The molecule has 0 aliphatic heterocycles. The van der Waals surface area contributed by atoms with Gasteiger partial charge in [-0.3, -0.25) is 0 Å². The molecule has 2 aromatic rings.